The molecule has 1 aliphatic carbocycles. The Morgan fingerprint density at radius 3 is 3.11 bits per heavy atom. The second-order valence-electron chi connectivity index (χ2n) is 5.63. The number of aliphatic hydroxyl groups excluding tert-OH is 1. The molecular weight excluding hydrogens is 244 g/mol. The van der Waals surface area contributed by atoms with Crippen LogP contribution in [0.3, 0.4) is 0 Å². The number of nitrogens with zero attached hydrogens (tertiary/aromatic N) is 2. The summed E-state index contributed by atoms with van der Waals surface area (Å²) < 4.78 is 1.50. The number of carbonyl (C=O) groups is 1. The third kappa shape index (κ3) is 3.47. The molecule has 1 fully saturated rings. The van der Waals surface area contributed by atoms with Gasteiger partial charge < -0.3 is 16.2 Å². The van der Waals surface area contributed by atoms with Gasteiger partial charge in [0.25, 0.3) is 0 Å². The van der Waals surface area contributed by atoms with Crippen LogP contribution in [0.5, 0.6) is 0 Å². The number of nitrogen functional groups attached to an aromatic ring is 1. The SMILES string of the molecule is CC1CCCC(CO)(NC(=O)Cn2ccc(N)n2)C1. The van der Waals surface area contributed by atoms with E-state index in [2.05, 4.69) is 17.3 Å². The molecule has 6 heteroatoms. The number of nitrogens with one attached hydrogen (secondary N) is 1. The molecule has 6 nitrogen and oxygen atoms in total. The molecule has 0 aromatic carbocycles. The van der Waals surface area contributed by atoms with Gasteiger partial charge in [-0.1, -0.05) is 19.8 Å². The summed E-state index contributed by atoms with van der Waals surface area (Å²) in [6.07, 6.45) is 5.53. The summed E-state index contributed by atoms with van der Waals surface area (Å²) in [5.41, 5.74) is 5.04. The molecule has 0 radical (unpaired) electrons. The van der Waals surface area contributed by atoms with Gasteiger partial charge >= 0.3 is 0 Å². The minimum Gasteiger partial charge on any atom is -0.394 e. The number of nitrogens with two attached hydrogens (primary N) is 1. The van der Waals surface area contributed by atoms with E-state index in [1.54, 1.807) is 12.3 Å². The maximum absolute atomic E-state index is 12.0. The van der Waals surface area contributed by atoms with Crippen LogP contribution in [0.1, 0.15) is 32.6 Å². The van der Waals surface area contributed by atoms with Crippen molar-refractivity contribution in [1.82, 2.24) is 15.1 Å². The smallest absolute Gasteiger partial charge is 0.242 e. The Morgan fingerprint density at radius 1 is 1.74 bits per heavy atom. The standard InChI is InChI=1S/C13H22N4O2/c1-10-3-2-5-13(7-10,9-18)15-12(19)8-17-6-4-11(14)16-17/h4,6,10,18H,2-3,5,7-9H2,1H3,(H2,14,16)(H,15,19). The van der Waals surface area contributed by atoms with Crippen molar-refractivity contribution in [2.24, 2.45) is 5.92 Å². The van der Waals surface area contributed by atoms with Crippen LogP contribution in [0.15, 0.2) is 12.3 Å². The van der Waals surface area contributed by atoms with Crippen LogP contribution < -0.4 is 11.1 Å². The van der Waals surface area contributed by atoms with Gasteiger partial charge in [0.15, 0.2) is 0 Å². The molecule has 1 aromatic rings. The molecule has 1 saturated carbocycles. The molecule has 1 heterocycles. The monoisotopic (exact) mass is 266 g/mol. The van der Waals surface area contributed by atoms with Crippen LogP contribution >= 0.6 is 0 Å². The van der Waals surface area contributed by atoms with Crippen molar-refractivity contribution in [3.63, 3.8) is 0 Å². The Hall–Kier alpha value is -1.56. The molecule has 0 bridgehead atoms. The number of hydrogen-bond donors (Lipinski definition) is 3. The minimum atomic E-state index is -0.465. The van der Waals surface area contributed by atoms with Crippen LogP contribution in [0, 0.1) is 5.92 Å². The first kappa shape index (κ1) is 13.9. The lowest BCUT2D eigenvalue weighted by atomic mass is 9.77. The Kier molecular flexibility index (Phi) is 4.09. The lowest BCUT2D eigenvalue weighted by Crippen LogP contribution is -2.54. The fraction of sp³-hybridized carbons (Fsp3) is 0.692. The molecule has 106 valence electrons. The molecule has 4 N–H and O–H groups in total. The first-order valence-corrected chi connectivity index (χ1v) is 6.74. The quantitative estimate of drug-likeness (QED) is 0.740. The fourth-order valence-corrected chi connectivity index (χ4v) is 2.90. The fourth-order valence-electron chi connectivity index (χ4n) is 2.90. The summed E-state index contributed by atoms with van der Waals surface area (Å²) in [6, 6.07) is 1.65. The largest absolute Gasteiger partial charge is 0.394 e. The van der Waals surface area contributed by atoms with Crippen molar-refractivity contribution in [3.8, 4) is 0 Å². The highest BCUT2D eigenvalue weighted by atomic mass is 16.3. The van der Waals surface area contributed by atoms with Gasteiger partial charge in [0.2, 0.25) is 5.91 Å². The molecule has 2 atom stereocenters. The lowest BCUT2D eigenvalue weighted by molar-refractivity contribution is -0.125. The van der Waals surface area contributed by atoms with Gasteiger partial charge in [0, 0.05) is 6.20 Å². The molecular formula is C13H22N4O2. The maximum Gasteiger partial charge on any atom is 0.242 e. The summed E-state index contributed by atoms with van der Waals surface area (Å²) >= 11 is 0. The maximum atomic E-state index is 12.0. The highest BCUT2D eigenvalue weighted by molar-refractivity contribution is 5.76. The number of aliphatic hydroxyl groups is 1. The molecule has 1 aromatic heterocycles. The highest BCUT2D eigenvalue weighted by Crippen LogP contribution is 2.31. The van der Waals surface area contributed by atoms with Gasteiger partial charge in [-0.05, 0) is 24.8 Å². The van der Waals surface area contributed by atoms with Gasteiger partial charge in [-0.15, -0.1) is 0 Å². The topological polar surface area (TPSA) is 93.2 Å². The minimum absolute atomic E-state index is 0.00960. The summed E-state index contributed by atoms with van der Waals surface area (Å²) in [4.78, 5) is 12.0. The van der Waals surface area contributed by atoms with Gasteiger partial charge in [-0.25, -0.2) is 0 Å². The molecule has 1 aliphatic rings. The Labute approximate surface area is 113 Å². The zero-order chi connectivity index (χ0) is 13.9. The number of aromatic nitrogens is 2. The normalized spacial score (nSPS) is 27.2. The van der Waals surface area contributed by atoms with Crippen molar-refractivity contribution in [3.05, 3.63) is 12.3 Å². The van der Waals surface area contributed by atoms with E-state index in [0.717, 1.165) is 25.7 Å². The van der Waals surface area contributed by atoms with Gasteiger partial charge in [-0.3, -0.25) is 9.48 Å². The first-order valence-electron chi connectivity index (χ1n) is 6.74. The third-order valence-corrected chi connectivity index (χ3v) is 3.77. The van der Waals surface area contributed by atoms with Crippen molar-refractivity contribution in [2.75, 3.05) is 12.3 Å². The number of hydrogen-bond acceptors (Lipinski definition) is 4. The van der Waals surface area contributed by atoms with E-state index >= 15 is 0 Å². The van der Waals surface area contributed by atoms with Crippen molar-refractivity contribution in [2.45, 2.75) is 44.7 Å². The number of anilines is 1. The molecule has 0 spiro atoms. The predicted molar refractivity (Wildman–Crippen MR) is 72.2 cm³/mol. The molecule has 0 aliphatic heterocycles. The zero-order valence-electron chi connectivity index (χ0n) is 11.3. The van der Waals surface area contributed by atoms with Crippen molar-refractivity contribution in [1.29, 1.82) is 0 Å². The van der Waals surface area contributed by atoms with Crippen LogP contribution in [0.25, 0.3) is 0 Å². The predicted octanol–water partition coefficient (Wildman–Crippen LogP) is 0.523. The second kappa shape index (κ2) is 5.61. The molecule has 19 heavy (non-hydrogen) atoms. The number of rotatable bonds is 4. The van der Waals surface area contributed by atoms with Crippen LogP contribution in [-0.2, 0) is 11.3 Å². The summed E-state index contributed by atoms with van der Waals surface area (Å²) in [5.74, 6) is 0.795. The van der Waals surface area contributed by atoms with Crippen LogP contribution in [0.4, 0.5) is 5.82 Å². The Morgan fingerprint density at radius 2 is 2.53 bits per heavy atom. The van der Waals surface area contributed by atoms with Crippen LogP contribution in [0.2, 0.25) is 0 Å². The van der Waals surface area contributed by atoms with E-state index < -0.39 is 5.54 Å². The van der Waals surface area contributed by atoms with E-state index in [0.29, 0.717) is 11.7 Å². The van der Waals surface area contributed by atoms with Crippen molar-refractivity contribution < 1.29 is 9.90 Å². The van der Waals surface area contributed by atoms with E-state index in [1.165, 1.54) is 4.68 Å². The lowest BCUT2D eigenvalue weighted by Gasteiger charge is -2.39. The van der Waals surface area contributed by atoms with E-state index in [4.69, 9.17) is 5.73 Å². The Balaban J connectivity index is 1.96. The van der Waals surface area contributed by atoms with E-state index in [9.17, 15) is 9.90 Å². The molecule has 2 rings (SSSR count). The molecule has 2 unspecified atom stereocenters. The molecule has 1 amide bonds. The first-order chi connectivity index (χ1) is 9.03. The summed E-state index contributed by atoms with van der Waals surface area (Å²) in [7, 11) is 0. The molecule has 0 saturated heterocycles. The van der Waals surface area contributed by atoms with E-state index in [1.807, 2.05) is 0 Å². The van der Waals surface area contributed by atoms with Gasteiger partial charge in [0.05, 0.1) is 12.1 Å². The zero-order valence-corrected chi connectivity index (χ0v) is 11.3. The average Bonchev–Trinajstić information content (AvgIpc) is 2.74. The number of amides is 1. The number of carbonyl (C=O) groups excluding carboxylic acids is 1. The summed E-state index contributed by atoms with van der Waals surface area (Å²) in [5, 5.41) is 16.6. The van der Waals surface area contributed by atoms with Gasteiger partial charge in [-0.2, -0.15) is 5.10 Å². The Bertz CT molecular complexity index is 446. The average molecular weight is 266 g/mol. The van der Waals surface area contributed by atoms with Crippen LogP contribution in [-0.4, -0.2) is 32.9 Å². The van der Waals surface area contributed by atoms with E-state index in [-0.39, 0.29) is 19.1 Å². The second-order valence-corrected chi connectivity index (χ2v) is 5.63. The highest BCUT2D eigenvalue weighted by Gasteiger charge is 2.35. The third-order valence-electron chi connectivity index (χ3n) is 3.77. The summed E-state index contributed by atoms with van der Waals surface area (Å²) in [6.45, 7) is 2.28. The van der Waals surface area contributed by atoms with Gasteiger partial charge in [0.1, 0.15) is 12.4 Å². The van der Waals surface area contributed by atoms with Crippen molar-refractivity contribution >= 4 is 11.7 Å².